The standard InChI is InChI=1S/C19H19ClFNO2/c1-12-9-18(23)15(11-16(12)20)14-10-13(5-6-17(14)21)19(24)22-7-3-2-4-8-22/h5-6,9-11,23H,2-4,7-8H2,1H3. The third-order valence-corrected chi connectivity index (χ3v) is 4.83. The monoisotopic (exact) mass is 347 g/mol. The molecule has 126 valence electrons. The molecule has 2 aromatic carbocycles. The first-order chi connectivity index (χ1) is 11.5. The Morgan fingerprint density at radius 1 is 1.12 bits per heavy atom. The van der Waals surface area contributed by atoms with E-state index >= 15 is 0 Å². The van der Waals surface area contributed by atoms with Crippen LogP contribution in [0.25, 0.3) is 11.1 Å². The van der Waals surface area contributed by atoms with Crippen molar-refractivity contribution in [3.8, 4) is 16.9 Å². The van der Waals surface area contributed by atoms with E-state index in [0.29, 0.717) is 16.1 Å². The number of rotatable bonds is 2. The van der Waals surface area contributed by atoms with Gasteiger partial charge in [0.25, 0.3) is 5.91 Å². The van der Waals surface area contributed by atoms with E-state index in [1.807, 2.05) is 0 Å². The highest BCUT2D eigenvalue weighted by molar-refractivity contribution is 6.31. The lowest BCUT2D eigenvalue weighted by atomic mass is 9.99. The zero-order valence-electron chi connectivity index (χ0n) is 13.5. The Morgan fingerprint density at radius 3 is 2.54 bits per heavy atom. The van der Waals surface area contributed by atoms with Gasteiger partial charge in [0, 0.05) is 34.8 Å². The zero-order valence-corrected chi connectivity index (χ0v) is 14.2. The van der Waals surface area contributed by atoms with E-state index in [1.54, 1.807) is 11.8 Å². The van der Waals surface area contributed by atoms with Gasteiger partial charge in [-0.3, -0.25) is 4.79 Å². The van der Waals surface area contributed by atoms with Crippen LogP contribution in [0.15, 0.2) is 30.3 Å². The van der Waals surface area contributed by atoms with Crippen molar-refractivity contribution in [1.29, 1.82) is 0 Å². The number of phenols is 1. The van der Waals surface area contributed by atoms with Crippen LogP contribution in [0.4, 0.5) is 4.39 Å². The molecule has 0 atom stereocenters. The molecule has 1 saturated heterocycles. The molecule has 0 aromatic heterocycles. The van der Waals surface area contributed by atoms with E-state index in [1.165, 1.54) is 30.3 Å². The van der Waals surface area contributed by atoms with Gasteiger partial charge in [0.05, 0.1) is 0 Å². The topological polar surface area (TPSA) is 40.5 Å². The summed E-state index contributed by atoms with van der Waals surface area (Å²) in [5, 5.41) is 10.6. The summed E-state index contributed by atoms with van der Waals surface area (Å²) in [6.45, 7) is 3.22. The van der Waals surface area contributed by atoms with Crippen molar-refractivity contribution in [1.82, 2.24) is 4.90 Å². The Hall–Kier alpha value is -2.07. The van der Waals surface area contributed by atoms with Crippen LogP contribution in [0, 0.1) is 12.7 Å². The van der Waals surface area contributed by atoms with Gasteiger partial charge in [-0.1, -0.05) is 11.6 Å². The summed E-state index contributed by atoms with van der Waals surface area (Å²) in [6, 6.07) is 7.27. The number of nitrogens with zero attached hydrogens (tertiary/aromatic N) is 1. The van der Waals surface area contributed by atoms with E-state index in [2.05, 4.69) is 0 Å². The number of piperidine rings is 1. The van der Waals surface area contributed by atoms with Gasteiger partial charge in [-0.25, -0.2) is 4.39 Å². The Kier molecular flexibility index (Phi) is 4.76. The van der Waals surface area contributed by atoms with E-state index in [9.17, 15) is 14.3 Å². The minimum Gasteiger partial charge on any atom is -0.507 e. The molecule has 1 N–H and O–H groups in total. The summed E-state index contributed by atoms with van der Waals surface area (Å²) in [7, 11) is 0. The summed E-state index contributed by atoms with van der Waals surface area (Å²) in [5.41, 5.74) is 1.59. The Labute approximate surface area is 145 Å². The molecule has 0 spiro atoms. The van der Waals surface area contributed by atoms with Gasteiger partial charge in [0.1, 0.15) is 11.6 Å². The van der Waals surface area contributed by atoms with E-state index < -0.39 is 5.82 Å². The zero-order chi connectivity index (χ0) is 17.3. The molecular formula is C19H19ClFNO2. The molecule has 24 heavy (non-hydrogen) atoms. The molecule has 1 heterocycles. The number of aromatic hydroxyl groups is 1. The van der Waals surface area contributed by atoms with Gasteiger partial charge in [-0.2, -0.15) is 0 Å². The number of phenolic OH excluding ortho intramolecular Hbond substituents is 1. The maximum absolute atomic E-state index is 14.3. The number of amides is 1. The van der Waals surface area contributed by atoms with Gasteiger partial charge >= 0.3 is 0 Å². The van der Waals surface area contributed by atoms with Crippen LogP contribution in [0.1, 0.15) is 35.2 Å². The van der Waals surface area contributed by atoms with E-state index in [0.717, 1.165) is 32.4 Å². The average molecular weight is 348 g/mol. The van der Waals surface area contributed by atoms with Crippen LogP contribution in [0.5, 0.6) is 5.75 Å². The minimum absolute atomic E-state index is 0.0571. The highest BCUT2D eigenvalue weighted by Gasteiger charge is 2.20. The summed E-state index contributed by atoms with van der Waals surface area (Å²) in [6.07, 6.45) is 3.12. The lowest BCUT2D eigenvalue weighted by Gasteiger charge is -2.27. The number of carbonyl (C=O) groups excluding carboxylic acids is 1. The van der Waals surface area contributed by atoms with Crippen LogP contribution in [-0.2, 0) is 0 Å². The van der Waals surface area contributed by atoms with Crippen molar-refractivity contribution >= 4 is 17.5 Å². The van der Waals surface area contributed by atoms with Crippen molar-refractivity contribution in [2.45, 2.75) is 26.2 Å². The minimum atomic E-state index is -0.500. The summed E-state index contributed by atoms with van der Waals surface area (Å²) in [4.78, 5) is 14.4. The largest absolute Gasteiger partial charge is 0.507 e. The van der Waals surface area contributed by atoms with Crippen molar-refractivity contribution in [2.24, 2.45) is 0 Å². The Morgan fingerprint density at radius 2 is 1.83 bits per heavy atom. The van der Waals surface area contributed by atoms with Crippen LogP contribution < -0.4 is 0 Å². The number of halogens is 2. The average Bonchev–Trinajstić information content (AvgIpc) is 2.59. The van der Waals surface area contributed by atoms with E-state index in [4.69, 9.17) is 11.6 Å². The number of benzene rings is 2. The predicted octanol–water partition coefficient (Wildman–Crippen LogP) is 4.79. The first-order valence-corrected chi connectivity index (χ1v) is 8.43. The first kappa shape index (κ1) is 16.8. The first-order valence-electron chi connectivity index (χ1n) is 8.05. The molecule has 0 aliphatic carbocycles. The fourth-order valence-corrected chi connectivity index (χ4v) is 3.19. The third kappa shape index (κ3) is 3.24. The quantitative estimate of drug-likeness (QED) is 0.848. The molecule has 1 fully saturated rings. The predicted molar refractivity (Wildman–Crippen MR) is 93.0 cm³/mol. The van der Waals surface area contributed by atoms with Gasteiger partial charge in [0.15, 0.2) is 0 Å². The molecule has 5 heteroatoms. The second-order valence-electron chi connectivity index (χ2n) is 6.17. The van der Waals surface area contributed by atoms with Gasteiger partial charge in [-0.05, 0) is 62.1 Å². The maximum atomic E-state index is 14.3. The Balaban J connectivity index is 2.00. The van der Waals surface area contributed by atoms with E-state index in [-0.39, 0.29) is 22.8 Å². The summed E-state index contributed by atoms with van der Waals surface area (Å²) in [5.74, 6) is -0.660. The lowest BCUT2D eigenvalue weighted by molar-refractivity contribution is 0.0724. The molecular weight excluding hydrogens is 329 g/mol. The number of hydrogen-bond acceptors (Lipinski definition) is 2. The third-order valence-electron chi connectivity index (χ3n) is 4.42. The highest BCUT2D eigenvalue weighted by Crippen LogP contribution is 2.36. The molecule has 0 saturated carbocycles. The number of carbonyl (C=O) groups is 1. The number of aryl methyl sites for hydroxylation is 1. The fourth-order valence-electron chi connectivity index (χ4n) is 3.03. The lowest BCUT2D eigenvalue weighted by Crippen LogP contribution is -2.35. The van der Waals surface area contributed by atoms with Crippen LogP contribution in [0.3, 0.4) is 0 Å². The van der Waals surface area contributed by atoms with Crippen molar-refractivity contribution in [2.75, 3.05) is 13.1 Å². The summed E-state index contributed by atoms with van der Waals surface area (Å²) < 4.78 is 14.3. The van der Waals surface area contributed by atoms with Gasteiger partial charge in [-0.15, -0.1) is 0 Å². The molecule has 2 aromatic rings. The van der Waals surface area contributed by atoms with Crippen molar-refractivity contribution in [3.63, 3.8) is 0 Å². The molecule has 3 nitrogen and oxygen atoms in total. The van der Waals surface area contributed by atoms with Crippen molar-refractivity contribution < 1.29 is 14.3 Å². The molecule has 0 radical (unpaired) electrons. The molecule has 1 aliphatic heterocycles. The van der Waals surface area contributed by atoms with Crippen LogP contribution >= 0.6 is 11.6 Å². The second-order valence-corrected chi connectivity index (χ2v) is 6.57. The Bertz CT molecular complexity index is 785. The van der Waals surface area contributed by atoms with Crippen LogP contribution in [0.2, 0.25) is 5.02 Å². The highest BCUT2D eigenvalue weighted by atomic mass is 35.5. The molecule has 3 rings (SSSR count). The second kappa shape index (κ2) is 6.81. The number of likely N-dealkylation sites (tertiary alicyclic amines) is 1. The summed E-state index contributed by atoms with van der Waals surface area (Å²) >= 11 is 6.10. The fraction of sp³-hybridized carbons (Fsp3) is 0.316. The SMILES string of the molecule is Cc1cc(O)c(-c2cc(C(=O)N3CCCCC3)ccc2F)cc1Cl. The van der Waals surface area contributed by atoms with Gasteiger partial charge in [0.2, 0.25) is 0 Å². The molecule has 0 unspecified atom stereocenters. The maximum Gasteiger partial charge on any atom is 0.253 e. The molecule has 1 aliphatic rings. The molecule has 0 bridgehead atoms. The normalized spacial score (nSPS) is 14.7. The molecule has 1 amide bonds. The van der Waals surface area contributed by atoms with Gasteiger partial charge < -0.3 is 10.0 Å². The van der Waals surface area contributed by atoms with Crippen LogP contribution in [-0.4, -0.2) is 29.0 Å². The number of hydrogen-bond donors (Lipinski definition) is 1. The smallest absolute Gasteiger partial charge is 0.253 e. The van der Waals surface area contributed by atoms with Crippen molar-refractivity contribution in [3.05, 3.63) is 52.3 Å².